The number of rotatable bonds is 6. The van der Waals surface area contributed by atoms with E-state index in [2.05, 4.69) is 5.32 Å². The standard InChI is InChI=1S/C22H18ClF3N2O5/c1-11(2)9-28-19(30)14-5-3-12(7-15(14)20(28)31)21(32)33-10-18(29)27-17-8-13(22(24,25)26)4-6-16(17)23/h3-8,11H,9-10H2,1-2H3,(H,27,29). The smallest absolute Gasteiger partial charge is 0.416 e. The Labute approximate surface area is 191 Å². The molecular formula is C22H18ClF3N2O5. The monoisotopic (exact) mass is 482 g/mol. The van der Waals surface area contributed by atoms with Gasteiger partial charge < -0.3 is 10.1 Å². The lowest BCUT2D eigenvalue weighted by Gasteiger charge is -2.15. The first-order valence-electron chi connectivity index (χ1n) is 9.72. The number of imide groups is 1. The molecular weight excluding hydrogens is 465 g/mol. The maximum atomic E-state index is 12.8. The van der Waals surface area contributed by atoms with Crippen LogP contribution in [0.2, 0.25) is 5.02 Å². The second-order valence-electron chi connectivity index (χ2n) is 7.69. The van der Waals surface area contributed by atoms with Crippen LogP contribution in [0.15, 0.2) is 36.4 Å². The van der Waals surface area contributed by atoms with Crippen molar-refractivity contribution in [1.29, 1.82) is 0 Å². The molecule has 1 aliphatic rings. The maximum absolute atomic E-state index is 12.8. The number of carbonyl (C=O) groups excluding carboxylic acids is 4. The Morgan fingerprint density at radius 2 is 1.73 bits per heavy atom. The van der Waals surface area contributed by atoms with E-state index >= 15 is 0 Å². The lowest BCUT2D eigenvalue weighted by atomic mass is 10.1. The van der Waals surface area contributed by atoms with E-state index in [1.807, 2.05) is 13.8 Å². The molecule has 3 amide bonds. The number of ether oxygens (including phenoxy) is 1. The third-order valence-electron chi connectivity index (χ3n) is 4.66. The second-order valence-corrected chi connectivity index (χ2v) is 8.10. The average Bonchev–Trinajstić information content (AvgIpc) is 2.96. The largest absolute Gasteiger partial charge is 0.452 e. The van der Waals surface area contributed by atoms with Gasteiger partial charge in [-0.05, 0) is 42.3 Å². The van der Waals surface area contributed by atoms with E-state index in [0.29, 0.717) is 6.07 Å². The zero-order chi connectivity index (χ0) is 24.5. The molecule has 0 saturated heterocycles. The molecule has 1 N–H and O–H groups in total. The van der Waals surface area contributed by atoms with Crippen molar-refractivity contribution in [3.63, 3.8) is 0 Å². The zero-order valence-electron chi connectivity index (χ0n) is 17.5. The summed E-state index contributed by atoms with van der Waals surface area (Å²) in [6, 6.07) is 6.23. The number of anilines is 1. The van der Waals surface area contributed by atoms with Gasteiger partial charge in [-0.2, -0.15) is 13.2 Å². The Balaban J connectivity index is 1.66. The van der Waals surface area contributed by atoms with Crippen molar-refractivity contribution in [3.05, 3.63) is 63.7 Å². The summed E-state index contributed by atoms with van der Waals surface area (Å²) in [6.07, 6.45) is -4.63. The van der Waals surface area contributed by atoms with Crippen molar-refractivity contribution >= 4 is 41.0 Å². The van der Waals surface area contributed by atoms with Gasteiger partial charge in [0.1, 0.15) is 0 Å². The minimum absolute atomic E-state index is 0.0512. The first-order chi connectivity index (χ1) is 15.4. The minimum Gasteiger partial charge on any atom is -0.452 e. The number of nitrogens with zero attached hydrogens (tertiary/aromatic N) is 1. The zero-order valence-corrected chi connectivity index (χ0v) is 18.2. The lowest BCUT2D eigenvalue weighted by molar-refractivity contribution is -0.137. The summed E-state index contributed by atoms with van der Waals surface area (Å²) in [6.45, 7) is 3.12. The molecule has 1 heterocycles. The van der Waals surface area contributed by atoms with Crippen LogP contribution in [0.3, 0.4) is 0 Å². The first-order valence-corrected chi connectivity index (χ1v) is 10.1. The van der Waals surface area contributed by atoms with Gasteiger partial charge in [0.25, 0.3) is 17.7 Å². The van der Waals surface area contributed by atoms with Crippen LogP contribution in [0, 0.1) is 5.92 Å². The van der Waals surface area contributed by atoms with Crippen LogP contribution in [0.4, 0.5) is 18.9 Å². The quantitative estimate of drug-likeness (QED) is 0.486. The summed E-state index contributed by atoms with van der Waals surface area (Å²) in [5, 5.41) is 2.03. The molecule has 0 unspecified atom stereocenters. The fraction of sp³-hybridized carbons (Fsp3) is 0.273. The number of hydrogen-bond donors (Lipinski definition) is 1. The second kappa shape index (κ2) is 9.22. The average molecular weight is 483 g/mol. The van der Waals surface area contributed by atoms with Gasteiger partial charge in [0.2, 0.25) is 0 Å². The van der Waals surface area contributed by atoms with E-state index in [4.69, 9.17) is 16.3 Å². The molecule has 1 aliphatic heterocycles. The number of alkyl halides is 3. The SMILES string of the molecule is CC(C)CN1C(=O)c2ccc(C(=O)OCC(=O)Nc3cc(C(F)(F)F)ccc3Cl)cc2C1=O. The fourth-order valence-corrected chi connectivity index (χ4v) is 3.31. The highest BCUT2D eigenvalue weighted by atomic mass is 35.5. The van der Waals surface area contributed by atoms with Crippen LogP contribution in [-0.2, 0) is 15.7 Å². The maximum Gasteiger partial charge on any atom is 0.416 e. The molecule has 33 heavy (non-hydrogen) atoms. The Morgan fingerprint density at radius 3 is 2.36 bits per heavy atom. The molecule has 11 heteroatoms. The highest BCUT2D eigenvalue weighted by Gasteiger charge is 2.36. The Kier molecular flexibility index (Phi) is 6.78. The topological polar surface area (TPSA) is 92.8 Å². The van der Waals surface area contributed by atoms with Crippen molar-refractivity contribution in [2.75, 3.05) is 18.5 Å². The molecule has 0 spiro atoms. The van der Waals surface area contributed by atoms with Crippen molar-refractivity contribution in [2.24, 2.45) is 5.92 Å². The molecule has 2 aromatic rings. The van der Waals surface area contributed by atoms with Crippen LogP contribution < -0.4 is 5.32 Å². The van der Waals surface area contributed by atoms with Gasteiger partial charge in [0.05, 0.1) is 33.0 Å². The van der Waals surface area contributed by atoms with E-state index in [1.165, 1.54) is 18.2 Å². The molecule has 174 valence electrons. The predicted molar refractivity (Wildman–Crippen MR) is 112 cm³/mol. The highest BCUT2D eigenvalue weighted by Crippen LogP contribution is 2.33. The van der Waals surface area contributed by atoms with Crippen LogP contribution >= 0.6 is 11.6 Å². The third-order valence-corrected chi connectivity index (χ3v) is 4.99. The predicted octanol–water partition coefficient (Wildman–Crippen LogP) is 4.41. The summed E-state index contributed by atoms with van der Waals surface area (Å²) in [7, 11) is 0. The number of hydrogen-bond acceptors (Lipinski definition) is 5. The van der Waals surface area contributed by atoms with Gasteiger partial charge in [0, 0.05) is 6.54 Å². The van der Waals surface area contributed by atoms with Crippen LogP contribution in [-0.4, -0.2) is 41.7 Å². The molecule has 0 fully saturated rings. The summed E-state index contributed by atoms with van der Waals surface area (Å²) >= 11 is 5.82. The summed E-state index contributed by atoms with van der Waals surface area (Å²) < 4.78 is 43.4. The van der Waals surface area contributed by atoms with Gasteiger partial charge in [-0.3, -0.25) is 19.3 Å². The minimum atomic E-state index is -4.63. The van der Waals surface area contributed by atoms with Gasteiger partial charge in [-0.15, -0.1) is 0 Å². The molecule has 0 atom stereocenters. The van der Waals surface area contributed by atoms with E-state index < -0.39 is 42.0 Å². The van der Waals surface area contributed by atoms with Gasteiger partial charge in [0.15, 0.2) is 6.61 Å². The van der Waals surface area contributed by atoms with Gasteiger partial charge in [-0.25, -0.2) is 4.79 Å². The van der Waals surface area contributed by atoms with Gasteiger partial charge >= 0.3 is 12.1 Å². The van der Waals surface area contributed by atoms with Crippen LogP contribution in [0.25, 0.3) is 0 Å². The molecule has 7 nitrogen and oxygen atoms in total. The normalized spacial score (nSPS) is 13.4. The van der Waals surface area contributed by atoms with E-state index in [0.717, 1.165) is 17.0 Å². The fourth-order valence-electron chi connectivity index (χ4n) is 3.15. The Bertz CT molecular complexity index is 1150. The number of halogens is 4. The number of fused-ring (bicyclic) bond motifs is 1. The third kappa shape index (κ3) is 5.33. The number of benzene rings is 2. The Hall–Kier alpha value is -3.40. The molecule has 2 aromatic carbocycles. The van der Waals surface area contributed by atoms with E-state index in [9.17, 15) is 32.3 Å². The molecule has 0 aromatic heterocycles. The molecule has 3 rings (SSSR count). The van der Waals surface area contributed by atoms with E-state index in [-0.39, 0.29) is 39.9 Å². The van der Waals surface area contributed by atoms with Crippen molar-refractivity contribution in [3.8, 4) is 0 Å². The van der Waals surface area contributed by atoms with Crippen LogP contribution in [0.5, 0.6) is 0 Å². The number of esters is 1. The number of amides is 3. The van der Waals surface area contributed by atoms with Crippen LogP contribution in [0.1, 0.15) is 50.5 Å². The number of carbonyl (C=O) groups is 4. The Morgan fingerprint density at radius 1 is 1.06 bits per heavy atom. The molecule has 0 aliphatic carbocycles. The van der Waals surface area contributed by atoms with E-state index in [1.54, 1.807) is 0 Å². The summed E-state index contributed by atoms with van der Waals surface area (Å²) in [4.78, 5) is 50.4. The highest BCUT2D eigenvalue weighted by molar-refractivity contribution is 6.33. The molecule has 0 bridgehead atoms. The molecule has 0 radical (unpaired) electrons. The van der Waals surface area contributed by atoms with Crippen molar-refractivity contribution in [1.82, 2.24) is 4.90 Å². The van der Waals surface area contributed by atoms with Gasteiger partial charge in [-0.1, -0.05) is 25.4 Å². The number of nitrogens with one attached hydrogen (secondary N) is 1. The van der Waals surface area contributed by atoms with Crippen molar-refractivity contribution in [2.45, 2.75) is 20.0 Å². The lowest BCUT2D eigenvalue weighted by Crippen LogP contribution is -2.33. The summed E-state index contributed by atoms with van der Waals surface area (Å²) in [5.41, 5.74) is -1.15. The molecule has 0 saturated carbocycles. The summed E-state index contributed by atoms with van der Waals surface area (Å²) in [5.74, 6) is -2.80. The van der Waals surface area contributed by atoms with Crippen molar-refractivity contribution < 1.29 is 37.1 Å². The first kappa shape index (κ1) is 24.2.